The molecule has 0 aromatic heterocycles. The number of hydrogen-bond donors (Lipinski definition) is 1. The fourth-order valence-corrected chi connectivity index (χ4v) is 12.8. The van der Waals surface area contributed by atoms with Gasteiger partial charge in [0.2, 0.25) is 0 Å². The molecule has 8 heteroatoms. The summed E-state index contributed by atoms with van der Waals surface area (Å²) >= 11 is 0. The SMILES string of the molecule is Cc1ccc(S(=O)(=O)N[P+]2([O-])Oc3c(-c4c5ccccc5cc5ccccc45)cc4ccccc4c3-c3c(c(-c4c5ccccc5cc5ccccc45)cc4ccccc34)O2)cc1. The lowest BCUT2D eigenvalue weighted by molar-refractivity contribution is -0.204. The van der Waals surface area contributed by atoms with Gasteiger partial charge in [0.25, 0.3) is 10.0 Å². The number of aryl methyl sites for hydroxylation is 1. The normalized spacial score (nSPS) is 13.5. The summed E-state index contributed by atoms with van der Waals surface area (Å²) in [6, 6.07) is 63.8. The van der Waals surface area contributed by atoms with Gasteiger partial charge in [-0.1, -0.05) is 163 Å². The predicted molar refractivity (Wildman–Crippen MR) is 257 cm³/mol. The van der Waals surface area contributed by atoms with E-state index in [0.29, 0.717) is 22.3 Å². The third-order valence-electron chi connectivity index (χ3n) is 12.3. The summed E-state index contributed by atoms with van der Waals surface area (Å²) in [5, 5.41) is 11.4. The van der Waals surface area contributed by atoms with Gasteiger partial charge in [-0.25, -0.2) is 8.42 Å². The Kier molecular flexibility index (Phi) is 8.49. The molecule has 0 unspecified atom stereocenters. The highest BCUT2D eigenvalue weighted by molar-refractivity contribution is 7.95. The monoisotopic (exact) mass is 853 g/mol. The van der Waals surface area contributed by atoms with Crippen LogP contribution in [0.4, 0.5) is 0 Å². The highest BCUT2D eigenvalue weighted by Crippen LogP contribution is 2.64. The van der Waals surface area contributed by atoms with Crippen LogP contribution in [0.5, 0.6) is 11.5 Å². The van der Waals surface area contributed by atoms with Gasteiger partial charge in [0.15, 0.2) is 11.5 Å². The lowest BCUT2D eigenvalue weighted by Crippen LogP contribution is -2.37. The lowest BCUT2D eigenvalue weighted by Gasteiger charge is -2.27. The number of fused-ring (bicyclic) bond motifs is 11. The van der Waals surface area contributed by atoms with Gasteiger partial charge in [-0.05, 0) is 112 Å². The van der Waals surface area contributed by atoms with Crippen LogP contribution in [0.25, 0.3) is 98.0 Å². The number of rotatable bonds is 5. The molecule has 0 atom stereocenters. The maximum absolute atomic E-state index is 16.2. The maximum atomic E-state index is 16.2. The first-order valence-electron chi connectivity index (χ1n) is 20.8. The summed E-state index contributed by atoms with van der Waals surface area (Å²) in [5.74, 6) is 0.489. The molecule has 6 nitrogen and oxygen atoms in total. The third-order valence-corrected chi connectivity index (χ3v) is 15.9. The Bertz CT molecular complexity index is 3510. The Labute approximate surface area is 364 Å². The van der Waals surface area contributed by atoms with Crippen molar-refractivity contribution < 1.29 is 22.4 Å². The molecule has 11 aromatic carbocycles. The van der Waals surface area contributed by atoms with Crippen molar-refractivity contribution in [3.8, 4) is 44.9 Å². The van der Waals surface area contributed by atoms with Crippen LogP contribution in [0.1, 0.15) is 5.56 Å². The van der Waals surface area contributed by atoms with Gasteiger partial charge in [-0.2, -0.15) is 0 Å². The first-order chi connectivity index (χ1) is 30.7. The molecule has 0 spiro atoms. The molecule has 1 N–H and O–H groups in total. The Morgan fingerprint density at radius 3 is 1.06 bits per heavy atom. The van der Waals surface area contributed by atoms with Crippen LogP contribution in [0, 0.1) is 6.92 Å². The molecule has 0 saturated heterocycles. The fourth-order valence-electron chi connectivity index (χ4n) is 9.54. The Hall–Kier alpha value is -7.12. The van der Waals surface area contributed by atoms with Crippen molar-refractivity contribution in [3.63, 3.8) is 0 Å². The van der Waals surface area contributed by atoms with Crippen molar-refractivity contribution in [2.45, 2.75) is 11.8 Å². The summed E-state index contributed by atoms with van der Waals surface area (Å²) in [4.78, 5) is 16.1. The molecule has 0 bridgehead atoms. The van der Waals surface area contributed by atoms with E-state index in [1.165, 1.54) is 12.1 Å². The van der Waals surface area contributed by atoms with E-state index in [1.54, 1.807) is 12.1 Å². The number of nitrogens with one attached hydrogen (secondary N) is 1. The van der Waals surface area contributed by atoms with Crippen LogP contribution >= 0.6 is 8.09 Å². The van der Waals surface area contributed by atoms with E-state index in [2.05, 4.69) is 89.4 Å². The molecule has 1 heterocycles. The van der Waals surface area contributed by atoms with E-state index in [9.17, 15) is 8.42 Å². The van der Waals surface area contributed by atoms with Crippen LogP contribution in [0.2, 0.25) is 0 Å². The van der Waals surface area contributed by atoms with Gasteiger partial charge in [-0.3, -0.25) is 9.05 Å². The molecule has 0 fully saturated rings. The van der Waals surface area contributed by atoms with E-state index < -0.39 is 18.1 Å². The molecule has 1 aliphatic rings. The van der Waals surface area contributed by atoms with E-state index in [4.69, 9.17) is 9.05 Å². The largest absolute Gasteiger partial charge is 0.600 e. The second kappa shape index (κ2) is 14.2. The molecule has 12 rings (SSSR count). The Morgan fingerprint density at radius 2 is 0.714 bits per heavy atom. The number of hydrogen-bond acceptors (Lipinski definition) is 5. The van der Waals surface area contributed by atoms with Crippen molar-refractivity contribution in [2.24, 2.45) is 0 Å². The van der Waals surface area contributed by atoms with Gasteiger partial charge in [0.1, 0.15) is 0 Å². The van der Waals surface area contributed by atoms with E-state index in [0.717, 1.165) is 81.3 Å². The van der Waals surface area contributed by atoms with Gasteiger partial charge >= 0.3 is 8.09 Å². The molecule has 0 radical (unpaired) electrons. The smallest absolute Gasteiger partial charge is 0.423 e. The second-order valence-electron chi connectivity index (χ2n) is 16.2. The summed E-state index contributed by atoms with van der Waals surface area (Å²) in [7, 11) is -9.45. The summed E-state index contributed by atoms with van der Waals surface area (Å²) in [6.07, 6.45) is 0. The van der Waals surface area contributed by atoms with Crippen LogP contribution in [0.3, 0.4) is 0 Å². The lowest BCUT2D eigenvalue weighted by atomic mass is 9.83. The molecular formula is C55H36NO5PS. The topological polar surface area (TPSA) is 87.7 Å². The maximum Gasteiger partial charge on any atom is 0.423 e. The van der Waals surface area contributed by atoms with Crippen LogP contribution in [-0.4, -0.2) is 8.42 Å². The minimum absolute atomic E-state index is 0.0715. The Balaban J connectivity index is 1.28. The van der Waals surface area contributed by atoms with E-state index in [1.807, 2.05) is 91.9 Å². The zero-order chi connectivity index (χ0) is 42.5. The van der Waals surface area contributed by atoms with Gasteiger partial charge in [0.05, 0.1) is 4.90 Å². The molecule has 11 aromatic rings. The molecule has 63 heavy (non-hydrogen) atoms. The van der Waals surface area contributed by atoms with Crippen LogP contribution in [0.15, 0.2) is 199 Å². The zero-order valence-electron chi connectivity index (χ0n) is 33.9. The van der Waals surface area contributed by atoms with E-state index >= 15 is 4.89 Å². The van der Waals surface area contributed by atoms with Gasteiger partial charge < -0.3 is 4.89 Å². The molecular weight excluding hydrogens is 818 g/mol. The van der Waals surface area contributed by atoms with Crippen LogP contribution < -0.4 is 18.4 Å². The van der Waals surface area contributed by atoms with Crippen LogP contribution in [-0.2, 0) is 10.0 Å². The van der Waals surface area contributed by atoms with Gasteiger partial charge in [-0.15, -0.1) is 0 Å². The number of benzene rings is 11. The predicted octanol–water partition coefficient (Wildman–Crippen LogP) is 13.7. The van der Waals surface area contributed by atoms with Crippen molar-refractivity contribution in [3.05, 3.63) is 200 Å². The quantitative estimate of drug-likeness (QED) is 0.138. The van der Waals surface area contributed by atoms with Gasteiger partial charge in [0, 0.05) is 33.4 Å². The summed E-state index contributed by atoms with van der Waals surface area (Å²) in [5.41, 5.74) is 5.18. The molecule has 302 valence electrons. The summed E-state index contributed by atoms with van der Waals surface area (Å²) < 4.78 is 45.5. The minimum Gasteiger partial charge on any atom is -0.600 e. The second-order valence-corrected chi connectivity index (χ2v) is 19.7. The molecule has 0 amide bonds. The highest BCUT2D eigenvalue weighted by atomic mass is 32.2. The first kappa shape index (κ1) is 37.6. The fraction of sp³-hybridized carbons (Fsp3) is 0.0182. The molecule has 0 aliphatic carbocycles. The van der Waals surface area contributed by atoms with Crippen molar-refractivity contribution >= 4 is 82.8 Å². The standard InChI is InChI=1S/C55H36NO5PS/c1-34-26-28-41(29-27-34)63(58,59)56-62(57)60-54-48(50-42-20-8-2-14-35(42)30-36-15-3-9-21-43(36)50)32-39-18-6-12-24-46(39)52(54)53-47-25-13-7-19-40(47)33-49(55(53)61-62)51-44-22-10-4-16-37(44)31-38-17-5-11-23-45(38)51/h2-33H,1H3,(H,56,57). The highest BCUT2D eigenvalue weighted by Gasteiger charge is 2.47. The Morgan fingerprint density at radius 1 is 0.413 bits per heavy atom. The summed E-state index contributed by atoms with van der Waals surface area (Å²) in [6.45, 7) is 1.88. The van der Waals surface area contributed by atoms with E-state index in [-0.39, 0.29) is 16.4 Å². The number of sulfonamides is 1. The van der Waals surface area contributed by atoms with Crippen molar-refractivity contribution in [1.29, 1.82) is 0 Å². The van der Waals surface area contributed by atoms with Crippen molar-refractivity contribution in [1.82, 2.24) is 4.49 Å². The third kappa shape index (κ3) is 6.08. The average molecular weight is 854 g/mol. The molecule has 1 aliphatic heterocycles. The zero-order valence-corrected chi connectivity index (χ0v) is 35.6. The minimum atomic E-state index is -4.95. The molecule has 0 saturated carbocycles. The average Bonchev–Trinajstić information content (AvgIpc) is 3.43. The van der Waals surface area contributed by atoms with Crippen molar-refractivity contribution in [2.75, 3.05) is 0 Å². The first-order valence-corrected chi connectivity index (χ1v) is 23.8.